The summed E-state index contributed by atoms with van der Waals surface area (Å²) in [5.41, 5.74) is -6.82. The number of methoxy groups -OCH3 is 1. The van der Waals surface area contributed by atoms with Gasteiger partial charge in [0.05, 0.1) is 13.7 Å². The van der Waals surface area contributed by atoms with Crippen molar-refractivity contribution in [3.63, 3.8) is 0 Å². The second-order valence-electron chi connectivity index (χ2n) is 21.6. The van der Waals surface area contributed by atoms with Crippen LogP contribution in [0, 0.1) is 17.8 Å². The van der Waals surface area contributed by atoms with Crippen LogP contribution in [0.15, 0.2) is 0 Å². The molecule has 0 saturated carbocycles. The Hall–Kier alpha value is -5.50. The van der Waals surface area contributed by atoms with Gasteiger partial charge >= 0.3 is 12.1 Å². The van der Waals surface area contributed by atoms with Gasteiger partial charge in [-0.1, -0.05) is 41.5 Å². The van der Waals surface area contributed by atoms with Gasteiger partial charge in [-0.2, -0.15) is 0 Å². The van der Waals surface area contributed by atoms with E-state index < -0.39 is 124 Å². The molecule has 67 heavy (non-hydrogen) atoms. The molecule has 0 aromatic rings. The fraction of sp³-hybridized carbons (Fsp3) is 0.783. The molecule has 1 aliphatic heterocycles. The number of nitrogens with one attached hydrogen (secondary N) is 8. The number of rotatable bonds is 22. The van der Waals surface area contributed by atoms with E-state index in [9.17, 15) is 47.9 Å². The van der Waals surface area contributed by atoms with Crippen LogP contribution in [-0.4, -0.2) is 136 Å². The lowest BCUT2D eigenvalue weighted by atomic mass is 9.97. The minimum absolute atomic E-state index is 0.00163. The van der Waals surface area contributed by atoms with Gasteiger partial charge in [0.25, 0.3) is 0 Å². The van der Waals surface area contributed by atoms with Crippen LogP contribution in [0.4, 0.5) is 4.79 Å². The molecule has 1 saturated heterocycles. The number of nitrogens with zero attached hydrogens (tertiary/aromatic N) is 1. The molecule has 1 aliphatic rings. The Balaban J connectivity index is 3.06. The molecule has 0 bridgehead atoms. The molecule has 8 N–H and O–H groups in total. The highest BCUT2D eigenvalue weighted by molar-refractivity contribution is 6.00. The lowest BCUT2D eigenvalue weighted by Gasteiger charge is -2.35. The maximum atomic E-state index is 14.1. The molecule has 21 heteroatoms. The van der Waals surface area contributed by atoms with Gasteiger partial charge < -0.3 is 56.9 Å². The van der Waals surface area contributed by atoms with Gasteiger partial charge in [0.2, 0.25) is 47.3 Å². The normalized spacial score (nSPS) is 16.0. The van der Waals surface area contributed by atoms with Crippen molar-refractivity contribution in [2.75, 3.05) is 20.2 Å². The van der Waals surface area contributed by atoms with Crippen molar-refractivity contribution in [1.82, 2.24) is 47.4 Å². The zero-order chi connectivity index (χ0) is 52.2. The molecule has 1 rings (SSSR count). The molecule has 0 aliphatic carbocycles. The number of hydrogen-bond acceptors (Lipinski definition) is 12. The molecule has 382 valence electrons. The van der Waals surface area contributed by atoms with Gasteiger partial charge in [0.15, 0.2) is 0 Å². The van der Waals surface area contributed by atoms with Gasteiger partial charge in [0.1, 0.15) is 51.9 Å². The van der Waals surface area contributed by atoms with E-state index in [1.807, 2.05) is 27.7 Å². The number of ether oxygens (including phenoxy) is 2. The van der Waals surface area contributed by atoms with E-state index in [-0.39, 0.29) is 37.6 Å². The Kier molecular flexibility index (Phi) is 21.3. The highest BCUT2D eigenvalue weighted by atomic mass is 16.6. The topological polar surface area (TPSA) is 289 Å². The van der Waals surface area contributed by atoms with Crippen LogP contribution in [0.2, 0.25) is 0 Å². The van der Waals surface area contributed by atoms with Crippen molar-refractivity contribution < 1.29 is 57.4 Å². The van der Waals surface area contributed by atoms with E-state index in [1.54, 1.807) is 34.6 Å². The third-order valence-electron chi connectivity index (χ3n) is 10.6. The summed E-state index contributed by atoms with van der Waals surface area (Å²) in [6.07, 6.45) is 0.343. The van der Waals surface area contributed by atoms with Gasteiger partial charge in [-0.05, 0) is 120 Å². The molecule has 21 nitrogen and oxygen atoms in total. The first kappa shape index (κ1) is 59.5. The number of amides is 9. The van der Waals surface area contributed by atoms with Crippen molar-refractivity contribution in [3.05, 3.63) is 0 Å². The van der Waals surface area contributed by atoms with Gasteiger partial charge in [-0.3, -0.25) is 38.4 Å². The minimum Gasteiger partial charge on any atom is -0.467 e. The summed E-state index contributed by atoms with van der Waals surface area (Å²) < 4.78 is 10.1. The van der Waals surface area contributed by atoms with E-state index in [1.165, 1.54) is 67.4 Å². The third kappa shape index (κ3) is 19.0. The fourth-order valence-corrected chi connectivity index (χ4v) is 7.00. The number of carbonyl (C=O) groups is 10. The summed E-state index contributed by atoms with van der Waals surface area (Å²) >= 11 is 0. The molecule has 1 heterocycles. The van der Waals surface area contributed by atoms with Gasteiger partial charge in [0, 0.05) is 6.54 Å². The predicted molar refractivity (Wildman–Crippen MR) is 249 cm³/mol. The fourth-order valence-electron chi connectivity index (χ4n) is 7.00. The Morgan fingerprint density at radius 3 is 1.55 bits per heavy atom. The smallest absolute Gasteiger partial charge is 0.408 e. The Labute approximate surface area is 396 Å². The molecular formula is C46H81N9O12. The average molecular weight is 952 g/mol. The summed E-state index contributed by atoms with van der Waals surface area (Å²) in [5.74, 6) is -6.55. The van der Waals surface area contributed by atoms with E-state index in [0.717, 1.165) is 0 Å². The highest BCUT2D eigenvalue weighted by Gasteiger charge is 2.44. The van der Waals surface area contributed by atoms with Crippen LogP contribution >= 0.6 is 0 Å². The van der Waals surface area contributed by atoms with E-state index in [2.05, 4.69) is 42.5 Å². The van der Waals surface area contributed by atoms with Crippen LogP contribution in [-0.2, 0) is 52.6 Å². The first-order chi connectivity index (χ1) is 30.4. The molecule has 1 fully saturated rings. The van der Waals surface area contributed by atoms with Crippen LogP contribution in [0.5, 0.6) is 0 Å². The van der Waals surface area contributed by atoms with Crippen molar-refractivity contribution in [2.45, 2.75) is 195 Å². The van der Waals surface area contributed by atoms with Crippen LogP contribution < -0.4 is 42.5 Å². The van der Waals surface area contributed by atoms with Crippen molar-refractivity contribution in [1.29, 1.82) is 0 Å². The first-order valence-electron chi connectivity index (χ1n) is 22.9. The average Bonchev–Trinajstić information content (AvgIpc) is 3.65. The van der Waals surface area contributed by atoms with Crippen LogP contribution in [0.3, 0.4) is 0 Å². The largest absolute Gasteiger partial charge is 0.467 e. The standard InChI is InChI=1S/C46H81N9O12/c1-25(2)22-28(48-31(56)24-47-37(61)43(10,11)51-34(58)29(23-26(3)4)49-41(65)67-42(7,8)9)33(57)52-45(14,15)39(63)55-21-19-20-30(55)35(59)50-32(27(5)6)36(60)53-44(12,13)38(62)54-46(16,17)40(64)66-18/h25-30,32H,19-24H2,1-18H3,(H,47,61)(H,48,56)(H,49,65)(H,50,59)(H,51,58)(H,52,57)(H,53,60)(H,54,62)/t28-,29-,30-,32-/m0/s1. The summed E-state index contributed by atoms with van der Waals surface area (Å²) in [5, 5.41) is 21.0. The molecular weight excluding hydrogens is 871 g/mol. The van der Waals surface area contributed by atoms with Gasteiger partial charge in [-0.25, -0.2) is 9.59 Å². The van der Waals surface area contributed by atoms with Crippen LogP contribution in [0.25, 0.3) is 0 Å². The second-order valence-corrected chi connectivity index (χ2v) is 21.6. The van der Waals surface area contributed by atoms with E-state index in [4.69, 9.17) is 9.47 Å². The third-order valence-corrected chi connectivity index (χ3v) is 10.6. The SMILES string of the molecule is COC(=O)C(C)(C)NC(=O)C(C)(C)NC(=O)[C@@H](NC(=O)[C@@H]1CCCN1C(=O)C(C)(C)NC(=O)[C@H](CC(C)C)NC(=O)CNC(=O)C(C)(C)NC(=O)[C@H](CC(C)C)NC(=O)OC(C)(C)C)C(C)C. The summed E-state index contributed by atoms with van der Waals surface area (Å²) in [6, 6.07) is -4.28. The molecule has 9 amide bonds. The summed E-state index contributed by atoms with van der Waals surface area (Å²) in [6.45, 7) is 27.1. The number of carbonyl (C=O) groups excluding carboxylic acids is 10. The lowest BCUT2D eigenvalue weighted by molar-refractivity contribution is -0.150. The first-order valence-corrected chi connectivity index (χ1v) is 22.9. The molecule has 0 aromatic heterocycles. The number of likely N-dealkylation sites (tertiary alicyclic amines) is 1. The maximum absolute atomic E-state index is 14.1. The molecule has 0 spiro atoms. The predicted octanol–water partition coefficient (Wildman–Crippen LogP) is 1.46. The lowest BCUT2D eigenvalue weighted by Crippen LogP contribution is -2.65. The maximum Gasteiger partial charge on any atom is 0.408 e. The minimum atomic E-state index is -1.58. The van der Waals surface area contributed by atoms with E-state index in [0.29, 0.717) is 6.42 Å². The van der Waals surface area contributed by atoms with Crippen molar-refractivity contribution in [2.24, 2.45) is 17.8 Å². The van der Waals surface area contributed by atoms with Crippen molar-refractivity contribution >= 4 is 59.3 Å². The summed E-state index contributed by atoms with van der Waals surface area (Å²) in [4.78, 5) is 134. The quantitative estimate of drug-likeness (QED) is 0.0717. The molecule has 0 radical (unpaired) electrons. The Morgan fingerprint density at radius 1 is 0.597 bits per heavy atom. The molecule has 4 atom stereocenters. The molecule has 0 unspecified atom stereocenters. The monoisotopic (exact) mass is 952 g/mol. The highest BCUT2D eigenvalue weighted by Crippen LogP contribution is 2.23. The number of hydrogen-bond donors (Lipinski definition) is 8. The van der Waals surface area contributed by atoms with E-state index >= 15 is 0 Å². The van der Waals surface area contributed by atoms with Crippen molar-refractivity contribution in [3.8, 4) is 0 Å². The zero-order valence-corrected chi connectivity index (χ0v) is 43.1. The zero-order valence-electron chi connectivity index (χ0n) is 43.1. The Bertz CT molecular complexity index is 1840. The Morgan fingerprint density at radius 2 is 1.07 bits per heavy atom. The van der Waals surface area contributed by atoms with Gasteiger partial charge in [-0.15, -0.1) is 0 Å². The van der Waals surface area contributed by atoms with Crippen LogP contribution in [0.1, 0.15) is 143 Å². The summed E-state index contributed by atoms with van der Waals surface area (Å²) in [7, 11) is 1.18. The second kappa shape index (κ2) is 24.0. The molecule has 0 aromatic carbocycles. The number of alkyl carbamates (subject to hydrolysis) is 1. The number of esters is 1.